The second-order valence-corrected chi connectivity index (χ2v) is 4.16. The van der Waals surface area contributed by atoms with Crippen LogP contribution >= 0.6 is 0 Å². The third-order valence-electron chi connectivity index (χ3n) is 2.83. The normalized spacial score (nSPS) is 12.9. The fourth-order valence-corrected chi connectivity index (χ4v) is 1.57. The molecule has 2 heterocycles. The predicted octanol–water partition coefficient (Wildman–Crippen LogP) is 0.953. The molecular weight excluding hydrogens is 216 g/mol. The van der Waals surface area contributed by atoms with E-state index in [0.717, 1.165) is 17.8 Å². The largest absolute Gasteiger partial charge is 0.325 e. The summed E-state index contributed by atoms with van der Waals surface area (Å²) in [6.07, 6.45) is 4.92. The van der Waals surface area contributed by atoms with E-state index in [1.807, 2.05) is 23.1 Å². The van der Waals surface area contributed by atoms with Gasteiger partial charge in [-0.3, -0.25) is 4.68 Å². The molecule has 0 aliphatic carbocycles. The third-order valence-corrected chi connectivity index (χ3v) is 2.83. The maximum absolute atomic E-state index is 5.48. The molecule has 0 spiro atoms. The van der Waals surface area contributed by atoms with Crippen molar-refractivity contribution >= 4 is 0 Å². The minimum absolute atomic E-state index is 0.418. The number of hydrogen-bond acceptors (Lipinski definition) is 4. The average Bonchev–Trinajstić information content (AvgIpc) is 2.97. The van der Waals surface area contributed by atoms with Gasteiger partial charge in [-0.05, 0) is 19.4 Å². The highest BCUT2D eigenvalue weighted by atomic mass is 15.4. The molecule has 0 fully saturated rings. The minimum atomic E-state index is 0.418. The van der Waals surface area contributed by atoms with Crippen molar-refractivity contribution in [3.8, 4) is 0 Å². The summed E-state index contributed by atoms with van der Waals surface area (Å²) >= 11 is 0. The average molecular weight is 234 g/mol. The van der Waals surface area contributed by atoms with E-state index >= 15 is 0 Å². The highest BCUT2D eigenvalue weighted by Crippen LogP contribution is 2.09. The molecule has 0 aliphatic rings. The minimum Gasteiger partial charge on any atom is -0.325 e. The summed E-state index contributed by atoms with van der Waals surface area (Å²) in [5.41, 5.74) is 7.27. The zero-order valence-electron chi connectivity index (χ0n) is 10.2. The Balaban J connectivity index is 2.06. The molecule has 2 rings (SSSR count). The van der Waals surface area contributed by atoms with Gasteiger partial charge in [-0.2, -0.15) is 5.10 Å². The summed E-state index contributed by atoms with van der Waals surface area (Å²) in [5, 5.41) is 12.4. The van der Waals surface area contributed by atoms with Gasteiger partial charge in [-0.15, -0.1) is 5.10 Å². The Hall–Kier alpha value is -1.69. The number of nitrogens with two attached hydrogens (primary N) is 1. The van der Waals surface area contributed by atoms with Crippen molar-refractivity contribution in [1.29, 1.82) is 0 Å². The fourth-order valence-electron chi connectivity index (χ4n) is 1.57. The van der Waals surface area contributed by atoms with E-state index in [2.05, 4.69) is 29.3 Å². The van der Waals surface area contributed by atoms with Gasteiger partial charge in [0.2, 0.25) is 0 Å². The van der Waals surface area contributed by atoms with E-state index in [9.17, 15) is 0 Å². The lowest BCUT2D eigenvalue weighted by molar-refractivity contribution is 0.470. The van der Waals surface area contributed by atoms with Gasteiger partial charge in [0.05, 0.1) is 24.1 Å². The maximum Gasteiger partial charge on any atom is 0.0962 e. The first-order chi connectivity index (χ1) is 8.22. The van der Waals surface area contributed by atoms with E-state index < -0.39 is 0 Å². The maximum atomic E-state index is 5.48. The topological polar surface area (TPSA) is 74.5 Å². The van der Waals surface area contributed by atoms with E-state index in [0.29, 0.717) is 19.1 Å². The molecule has 0 amide bonds. The molecule has 17 heavy (non-hydrogen) atoms. The molecule has 0 aromatic carbocycles. The SMILES string of the molecule is CCC(C)n1ccc(Cn2cc(CN)nn2)n1. The van der Waals surface area contributed by atoms with Crippen molar-refractivity contribution in [3.05, 3.63) is 29.8 Å². The van der Waals surface area contributed by atoms with Crippen molar-refractivity contribution in [2.75, 3.05) is 0 Å². The van der Waals surface area contributed by atoms with Gasteiger partial charge >= 0.3 is 0 Å². The summed E-state index contributed by atoms with van der Waals surface area (Å²) in [5.74, 6) is 0. The second-order valence-electron chi connectivity index (χ2n) is 4.16. The molecule has 1 unspecified atom stereocenters. The number of rotatable bonds is 5. The van der Waals surface area contributed by atoms with E-state index in [1.165, 1.54) is 0 Å². The fraction of sp³-hybridized carbons (Fsp3) is 0.545. The van der Waals surface area contributed by atoms with Crippen molar-refractivity contribution in [1.82, 2.24) is 24.8 Å². The number of hydrogen-bond donors (Lipinski definition) is 1. The summed E-state index contributed by atoms with van der Waals surface area (Å²) in [4.78, 5) is 0. The summed E-state index contributed by atoms with van der Waals surface area (Å²) in [6, 6.07) is 2.44. The zero-order valence-corrected chi connectivity index (χ0v) is 10.2. The monoisotopic (exact) mass is 234 g/mol. The highest BCUT2D eigenvalue weighted by Gasteiger charge is 2.06. The van der Waals surface area contributed by atoms with Crippen molar-refractivity contribution in [2.24, 2.45) is 5.73 Å². The molecule has 6 nitrogen and oxygen atoms in total. The van der Waals surface area contributed by atoms with Crippen LogP contribution in [0.4, 0.5) is 0 Å². The molecule has 0 bridgehead atoms. The molecule has 0 aliphatic heterocycles. The lowest BCUT2D eigenvalue weighted by Crippen LogP contribution is -2.07. The number of nitrogens with zero attached hydrogens (tertiary/aromatic N) is 5. The van der Waals surface area contributed by atoms with Crippen LogP contribution < -0.4 is 5.73 Å². The van der Waals surface area contributed by atoms with Crippen LogP contribution in [0.5, 0.6) is 0 Å². The van der Waals surface area contributed by atoms with Crippen molar-refractivity contribution in [3.63, 3.8) is 0 Å². The first kappa shape index (κ1) is 11.8. The molecule has 6 heteroatoms. The van der Waals surface area contributed by atoms with Crippen LogP contribution in [-0.2, 0) is 13.1 Å². The lowest BCUT2D eigenvalue weighted by atomic mass is 10.3. The van der Waals surface area contributed by atoms with Crippen molar-refractivity contribution < 1.29 is 0 Å². The summed E-state index contributed by atoms with van der Waals surface area (Å²) in [6.45, 7) is 5.35. The predicted molar refractivity (Wildman–Crippen MR) is 64.2 cm³/mol. The first-order valence-electron chi connectivity index (χ1n) is 5.86. The van der Waals surface area contributed by atoms with Crippen LogP contribution in [0.15, 0.2) is 18.5 Å². The Bertz CT molecular complexity index is 472. The van der Waals surface area contributed by atoms with Gasteiger partial charge in [0, 0.05) is 18.8 Å². The summed E-state index contributed by atoms with van der Waals surface area (Å²) < 4.78 is 3.74. The highest BCUT2D eigenvalue weighted by molar-refractivity contribution is 5.01. The van der Waals surface area contributed by atoms with Gasteiger partial charge in [0.1, 0.15) is 0 Å². The van der Waals surface area contributed by atoms with Gasteiger partial charge in [-0.1, -0.05) is 12.1 Å². The second kappa shape index (κ2) is 5.09. The van der Waals surface area contributed by atoms with E-state index in [4.69, 9.17) is 5.73 Å². The van der Waals surface area contributed by atoms with Crippen LogP contribution in [0, 0.1) is 0 Å². The molecule has 0 saturated heterocycles. The molecule has 0 saturated carbocycles. The molecule has 2 N–H and O–H groups in total. The standard InChI is InChI=1S/C11H18N6/c1-3-9(2)17-5-4-10(14-17)7-16-8-11(6-12)13-15-16/h4-5,8-9H,3,6-7,12H2,1-2H3. The van der Waals surface area contributed by atoms with Crippen molar-refractivity contribution in [2.45, 2.75) is 39.4 Å². The van der Waals surface area contributed by atoms with Crippen LogP contribution in [0.1, 0.15) is 37.7 Å². The summed E-state index contributed by atoms with van der Waals surface area (Å²) in [7, 11) is 0. The Morgan fingerprint density at radius 1 is 1.41 bits per heavy atom. The van der Waals surface area contributed by atoms with E-state index in [1.54, 1.807) is 4.68 Å². The van der Waals surface area contributed by atoms with Crippen LogP contribution in [-0.4, -0.2) is 24.8 Å². The molecule has 2 aromatic rings. The first-order valence-corrected chi connectivity index (χ1v) is 5.86. The van der Waals surface area contributed by atoms with Crippen LogP contribution in [0.3, 0.4) is 0 Å². The molecule has 92 valence electrons. The number of aromatic nitrogens is 5. The molecule has 1 atom stereocenters. The van der Waals surface area contributed by atoms with E-state index in [-0.39, 0.29) is 0 Å². The molecular formula is C11H18N6. The Kier molecular flexibility index (Phi) is 3.53. The lowest BCUT2D eigenvalue weighted by Gasteiger charge is -2.07. The van der Waals surface area contributed by atoms with Gasteiger partial charge < -0.3 is 5.73 Å². The molecule has 2 aromatic heterocycles. The zero-order chi connectivity index (χ0) is 12.3. The van der Waals surface area contributed by atoms with Gasteiger partial charge in [-0.25, -0.2) is 4.68 Å². The Labute approximate surface area is 100 Å². The Morgan fingerprint density at radius 2 is 2.24 bits per heavy atom. The third kappa shape index (κ3) is 2.71. The van der Waals surface area contributed by atoms with Gasteiger partial charge in [0.25, 0.3) is 0 Å². The Morgan fingerprint density at radius 3 is 2.88 bits per heavy atom. The quantitative estimate of drug-likeness (QED) is 0.836. The smallest absolute Gasteiger partial charge is 0.0962 e. The molecule has 0 radical (unpaired) electrons. The van der Waals surface area contributed by atoms with Crippen LogP contribution in [0.25, 0.3) is 0 Å². The van der Waals surface area contributed by atoms with Crippen LogP contribution in [0.2, 0.25) is 0 Å². The van der Waals surface area contributed by atoms with Gasteiger partial charge in [0.15, 0.2) is 0 Å².